The lowest BCUT2D eigenvalue weighted by Gasteiger charge is -2.35. The van der Waals surface area contributed by atoms with Gasteiger partial charge >= 0.3 is 0 Å². The van der Waals surface area contributed by atoms with E-state index in [2.05, 4.69) is 5.32 Å². The number of hydrogen-bond acceptors (Lipinski definition) is 9. The number of nitro benzene ring substituents is 1. The number of carbonyl (C=O) groups excluding carboxylic acids is 2. The second-order valence-electron chi connectivity index (χ2n) is 12.1. The predicted molar refractivity (Wildman–Crippen MR) is 181 cm³/mol. The lowest BCUT2D eigenvalue weighted by atomic mass is 9.82. The molecule has 1 unspecified atom stereocenters. The number of fused-ring (bicyclic) bond motifs is 2. The summed E-state index contributed by atoms with van der Waals surface area (Å²) in [6, 6.07) is 16.5. The van der Waals surface area contributed by atoms with Gasteiger partial charge in [0.05, 0.1) is 35.5 Å². The molecule has 0 bridgehead atoms. The molecule has 2 amide bonds. The van der Waals surface area contributed by atoms with E-state index in [1.54, 1.807) is 24.0 Å². The zero-order valence-electron chi connectivity index (χ0n) is 27.2. The summed E-state index contributed by atoms with van der Waals surface area (Å²) in [5, 5.41) is 45.1. The number of ether oxygens (including phenoxy) is 1. The smallest absolute Gasteiger partial charge is 0.269 e. The zero-order chi connectivity index (χ0) is 34.4. The van der Waals surface area contributed by atoms with Crippen LogP contribution in [0.25, 0.3) is 0 Å². The van der Waals surface area contributed by atoms with E-state index in [4.69, 9.17) is 9.84 Å². The monoisotopic (exact) mass is 658 g/mol. The van der Waals surface area contributed by atoms with Gasteiger partial charge in [-0.2, -0.15) is 0 Å². The molecule has 0 spiro atoms. The van der Waals surface area contributed by atoms with Gasteiger partial charge in [-0.05, 0) is 86.7 Å². The normalized spacial score (nSPS) is 19.5. The topological polar surface area (TPSA) is 166 Å². The minimum atomic E-state index is -2.04. The quantitative estimate of drug-likeness (QED) is 0.0808. The van der Waals surface area contributed by atoms with E-state index in [9.17, 15) is 29.9 Å². The van der Waals surface area contributed by atoms with Crippen LogP contribution in [0.1, 0.15) is 49.8 Å². The minimum Gasteiger partial charge on any atom is -0.494 e. The van der Waals surface area contributed by atoms with Crippen LogP contribution in [0.4, 0.5) is 22.7 Å². The van der Waals surface area contributed by atoms with Gasteiger partial charge in [-0.25, -0.2) is 0 Å². The van der Waals surface area contributed by atoms with E-state index >= 15 is 0 Å². The van der Waals surface area contributed by atoms with Crippen molar-refractivity contribution in [1.82, 2.24) is 5.32 Å². The van der Waals surface area contributed by atoms with Crippen molar-refractivity contribution in [1.29, 1.82) is 0 Å². The number of benzene rings is 3. The van der Waals surface area contributed by atoms with Crippen molar-refractivity contribution in [3.63, 3.8) is 0 Å². The van der Waals surface area contributed by atoms with Gasteiger partial charge in [-0.3, -0.25) is 24.6 Å². The molecule has 0 fully saturated rings. The van der Waals surface area contributed by atoms with E-state index in [0.29, 0.717) is 43.8 Å². The van der Waals surface area contributed by atoms with Crippen molar-refractivity contribution in [2.24, 2.45) is 5.92 Å². The number of anilines is 3. The SMILES string of the molecule is CCOc1ccc2c(c1)CC(NCCCCO)C(=O)N2c1ccc(CN2C(=O)[C@@](O)([C@@H](C)/C=C/CCO)c3cc([N+](=O)[O-])ccc32)cc1. The summed E-state index contributed by atoms with van der Waals surface area (Å²) in [7, 11) is 0. The fraction of sp³-hybridized carbons (Fsp3) is 0.389. The van der Waals surface area contributed by atoms with E-state index in [0.717, 1.165) is 29.0 Å². The second kappa shape index (κ2) is 15.1. The maximum atomic E-state index is 13.9. The highest BCUT2D eigenvalue weighted by Gasteiger charge is 2.53. The molecule has 2 heterocycles. The summed E-state index contributed by atoms with van der Waals surface area (Å²) >= 11 is 0. The van der Waals surface area contributed by atoms with Crippen molar-refractivity contribution < 1.29 is 34.6 Å². The average molecular weight is 659 g/mol. The van der Waals surface area contributed by atoms with Crippen LogP contribution in [0, 0.1) is 16.0 Å². The van der Waals surface area contributed by atoms with Gasteiger partial charge in [0.15, 0.2) is 5.60 Å². The molecule has 0 saturated carbocycles. The first-order chi connectivity index (χ1) is 23.1. The number of aliphatic hydroxyl groups is 3. The molecule has 2 aliphatic rings. The lowest BCUT2D eigenvalue weighted by Crippen LogP contribution is -2.49. The van der Waals surface area contributed by atoms with Crippen LogP contribution < -0.4 is 19.9 Å². The third-order valence-electron chi connectivity index (χ3n) is 8.90. The number of carbonyl (C=O) groups is 2. The standard InChI is InChI=1S/C36H42N4O8/c1-3-48-29-14-16-32-26(20-29)21-31(37-17-5-7-19-42)34(43)39(32)27-11-9-25(10-12-27)23-38-33-15-13-28(40(46)47)22-30(33)36(45,35(38)44)24(2)8-4-6-18-41/h4,8-16,20,22,24,31,37,41-42,45H,3,5-7,17-19,21,23H2,1-2H3/b8-4+/t24-,31?,36+/m0/s1. The molecule has 4 N–H and O–H groups in total. The number of aliphatic hydroxyl groups excluding tert-OH is 2. The Labute approximate surface area is 279 Å². The number of hydrogen-bond donors (Lipinski definition) is 4. The Kier molecular flexibility index (Phi) is 10.9. The number of non-ortho nitro benzene ring substituents is 1. The van der Waals surface area contributed by atoms with Crippen molar-refractivity contribution in [3.8, 4) is 5.75 Å². The van der Waals surface area contributed by atoms with Crippen LogP contribution in [0.5, 0.6) is 5.75 Å². The van der Waals surface area contributed by atoms with E-state index in [1.807, 2.05) is 49.4 Å². The molecule has 12 heteroatoms. The molecular formula is C36H42N4O8. The Morgan fingerprint density at radius 2 is 1.81 bits per heavy atom. The highest BCUT2D eigenvalue weighted by Crippen LogP contribution is 2.47. The Morgan fingerprint density at radius 1 is 1.06 bits per heavy atom. The molecule has 3 aromatic rings. The molecule has 3 aromatic carbocycles. The Bertz CT molecular complexity index is 1680. The summed E-state index contributed by atoms with van der Waals surface area (Å²) in [5.41, 5.74) is 1.31. The van der Waals surface area contributed by atoms with Crippen molar-refractivity contribution in [3.05, 3.63) is 99.6 Å². The first kappa shape index (κ1) is 34.7. The largest absolute Gasteiger partial charge is 0.494 e. The van der Waals surface area contributed by atoms with Gasteiger partial charge in [0.25, 0.3) is 11.6 Å². The fourth-order valence-electron chi connectivity index (χ4n) is 6.37. The highest BCUT2D eigenvalue weighted by molar-refractivity contribution is 6.08. The molecule has 0 aromatic heterocycles. The summed E-state index contributed by atoms with van der Waals surface area (Å²) < 4.78 is 5.72. The Morgan fingerprint density at radius 3 is 2.50 bits per heavy atom. The average Bonchev–Trinajstić information content (AvgIpc) is 3.29. The molecule has 0 aliphatic carbocycles. The summed E-state index contributed by atoms with van der Waals surface area (Å²) in [6.07, 6.45) is 5.51. The molecule has 5 rings (SSSR count). The molecule has 2 aliphatic heterocycles. The van der Waals surface area contributed by atoms with Crippen molar-refractivity contribution in [2.75, 3.05) is 36.2 Å². The van der Waals surface area contributed by atoms with Gasteiger partial charge in [0.2, 0.25) is 5.91 Å². The number of nitro groups is 1. The highest BCUT2D eigenvalue weighted by atomic mass is 16.6. The van der Waals surface area contributed by atoms with Crippen LogP contribution >= 0.6 is 0 Å². The predicted octanol–water partition coefficient (Wildman–Crippen LogP) is 4.25. The molecule has 3 atom stereocenters. The summed E-state index contributed by atoms with van der Waals surface area (Å²) in [6.45, 7) is 4.75. The Hall–Kier alpha value is -4.62. The van der Waals surface area contributed by atoms with Gasteiger partial charge in [-0.15, -0.1) is 0 Å². The fourth-order valence-corrected chi connectivity index (χ4v) is 6.37. The van der Waals surface area contributed by atoms with Gasteiger partial charge < -0.3 is 30.3 Å². The molecule has 0 radical (unpaired) electrons. The van der Waals surface area contributed by atoms with E-state index in [-0.39, 0.29) is 36.9 Å². The van der Waals surface area contributed by atoms with Crippen LogP contribution in [-0.4, -0.2) is 64.5 Å². The summed E-state index contributed by atoms with van der Waals surface area (Å²) in [5.74, 6) is -0.729. The first-order valence-electron chi connectivity index (χ1n) is 16.3. The third kappa shape index (κ3) is 6.83. The van der Waals surface area contributed by atoms with Crippen LogP contribution in [-0.2, 0) is 28.2 Å². The van der Waals surface area contributed by atoms with Gasteiger partial charge in [-0.1, -0.05) is 31.2 Å². The number of nitrogens with zero attached hydrogens (tertiary/aromatic N) is 3. The Balaban J connectivity index is 1.44. The number of nitrogens with one attached hydrogen (secondary N) is 1. The molecular weight excluding hydrogens is 616 g/mol. The van der Waals surface area contributed by atoms with Crippen LogP contribution in [0.2, 0.25) is 0 Å². The molecule has 0 saturated heterocycles. The lowest BCUT2D eigenvalue weighted by molar-refractivity contribution is -0.385. The van der Waals surface area contributed by atoms with Gasteiger partial charge in [0, 0.05) is 42.5 Å². The number of unbranched alkanes of at least 4 members (excludes halogenated alkanes) is 1. The van der Waals surface area contributed by atoms with E-state index in [1.165, 1.54) is 23.1 Å². The zero-order valence-corrected chi connectivity index (χ0v) is 27.2. The maximum absolute atomic E-state index is 13.9. The summed E-state index contributed by atoms with van der Waals surface area (Å²) in [4.78, 5) is 41.9. The second-order valence-corrected chi connectivity index (χ2v) is 12.1. The third-order valence-corrected chi connectivity index (χ3v) is 8.90. The number of rotatable bonds is 15. The maximum Gasteiger partial charge on any atom is 0.269 e. The molecule has 48 heavy (non-hydrogen) atoms. The van der Waals surface area contributed by atoms with Crippen molar-refractivity contribution >= 4 is 34.6 Å². The van der Waals surface area contributed by atoms with E-state index < -0.39 is 28.4 Å². The molecule has 12 nitrogen and oxygen atoms in total. The first-order valence-corrected chi connectivity index (χ1v) is 16.3. The minimum absolute atomic E-state index is 0.0800. The van der Waals surface area contributed by atoms with Gasteiger partial charge in [0.1, 0.15) is 5.75 Å². The van der Waals surface area contributed by atoms with Crippen LogP contribution in [0.3, 0.4) is 0 Å². The van der Waals surface area contributed by atoms with Crippen LogP contribution in [0.15, 0.2) is 72.8 Å². The molecule has 254 valence electrons. The number of amides is 2. The van der Waals surface area contributed by atoms with Crippen molar-refractivity contribution in [2.45, 2.75) is 57.7 Å².